The molecule has 0 aliphatic carbocycles. The number of hydrogen-bond acceptors (Lipinski definition) is 2. The third kappa shape index (κ3) is 2.30. The highest BCUT2D eigenvalue weighted by molar-refractivity contribution is 5.30. The molecule has 11 heavy (non-hydrogen) atoms. The van der Waals surface area contributed by atoms with Gasteiger partial charge in [0.2, 0.25) is 0 Å². The second-order valence-corrected chi connectivity index (χ2v) is 2.02. The smallest absolute Gasteiger partial charge is 0.174 e. The Hall–Kier alpha value is -1.49. The molecule has 2 radical (unpaired) electrons. The third-order valence-corrected chi connectivity index (χ3v) is 1.16. The van der Waals surface area contributed by atoms with Crippen molar-refractivity contribution < 1.29 is 4.74 Å². The Kier molecular flexibility index (Phi) is 2.51. The zero-order valence-electron chi connectivity index (χ0n) is 5.95. The molecule has 0 N–H and O–H groups in total. The molecule has 0 heterocycles. The molecule has 1 rings (SSSR count). The minimum atomic E-state index is 0.0590. The standard InChI is InChI=1S/C9H7NO/c1-8-3-2-4-9(7-8)11-6-5-10/h1-4,7H,6H2. The lowest BCUT2D eigenvalue weighted by Crippen LogP contribution is -1.92. The van der Waals surface area contributed by atoms with Crippen molar-refractivity contribution in [2.45, 2.75) is 0 Å². The average molecular weight is 145 g/mol. The van der Waals surface area contributed by atoms with E-state index in [-0.39, 0.29) is 6.61 Å². The first kappa shape index (κ1) is 7.62. The summed E-state index contributed by atoms with van der Waals surface area (Å²) in [5.74, 6) is 0.631. The van der Waals surface area contributed by atoms with Gasteiger partial charge in [-0.3, -0.25) is 0 Å². The summed E-state index contributed by atoms with van der Waals surface area (Å²) in [6.07, 6.45) is 0. The molecule has 54 valence electrons. The SMILES string of the molecule is [CH]c1cccc(OCC#N)c1. The van der Waals surface area contributed by atoms with E-state index < -0.39 is 0 Å². The fraction of sp³-hybridized carbons (Fsp3) is 0.111. The molecule has 0 aromatic heterocycles. The minimum Gasteiger partial charge on any atom is -0.479 e. The van der Waals surface area contributed by atoms with Crippen molar-refractivity contribution in [3.8, 4) is 11.8 Å². The van der Waals surface area contributed by atoms with Gasteiger partial charge in [-0.1, -0.05) is 12.1 Å². The average Bonchev–Trinajstić information content (AvgIpc) is 2.01. The van der Waals surface area contributed by atoms with Gasteiger partial charge in [0.1, 0.15) is 11.8 Å². The number of hydrogen-bond donors (Lipinski definition) is 0. The molecule has 0 atom stereocenters. The summed E-state index contributed by atoms with van der Waals surface area (Å²) >= 11 is 0. The van der Waals surface area contributed by atoms with Gasteiger partial charge in [0.15, 0.2) is 6.61 Å². The van der Waals surface area contributed by atoms with Crippen molar-refractivity contribution in [3.05, 3.63) is 36.8 Å². The maximum absolute atomic E-state index is 8.19. The van der Waals surface area contributed by atoms with Crippen LogP contribution in [0.15, 0.2) is 24.3 Å². The molecule has 0 fully saturated rings. The first-order valence-electron chi connectivity index (χ1n) is 3.18. The third-order valence-electron chi connectivity index (χ3n) is 1.16. The van der Waals surface area contributed by atoms with Crippen molar-refractivity contribution >= 4 is 0 Å². The first-order chi connectivity index (χ1) is 5.33. The molecule has 2 heteroatoms. The molecule has 0 bridgehead atoms. The summed E-state index contributed by atoms with van der Waals surface area (Å²) in [5.41, 5.74) is 0.639. The molecule has 0 saturated heterocycles. The summed E-state index contributed by atoms with van der Waals surface area (Å²) in [7, 11) is 0. The second kappa shape index (κ2) is 3.62. The summed E-state index contributed by atoms with van der Waals surface area (Å²) in [5, 5.41) is 8.19. The highest BCUT2D eigenvalue weighted by Crippen LogP contribution is 2.11. The maximum atomic E-state index is 8.19. The van der Waals surface area contributed by atoms with Gasteiger partial charge in [0, 0.05) is 0 Å². The number of nitriles is 1. The van der Waals surface area contributed by atoms with Crippen LogP contribution in [0.4, 0.5) is 0 Å². The predicted octanol–water partition coefficient (Wildman–Crippen LogP) is 1.65. The Morgan fingerprint density at radius 2 is 2.36 bits per heavy atom. The van der Waals surface area contributed by atoms with E-state index in [1.165, 1.54) is 0 Å². The van der Waals surface area contributed by atoms with Gasteiger partial charge in [-0.2, -0.15) is 5.26 Å². The van der Waals surface area contributed by atoms with Crippen molar-refractivity contribution in [1.29, 1.82) is 5.26 Å². The predicted molar refractivity (Wildman–Crippen MR) is 41.0 cm³/mol. The van der Waals surface area contributed by atoms with Crippen molar-refractivity contribution in [2.75, 3.05) is 6.61 Å². The quantitative estimate of drug-likeness (QED) is 0.633. The van der Waals surface area contributed by atoms with E-state index in [9.17, 15) is 0 Å². The largest absolute Gasteiger partial charge is 0.479 e. The molecule has 0 aliphatic heterocycles. The molecular formula is C9H7NO. The monoisotopic (exact) mass is 145 g/mol. The van der Waals surface area contributed by atoms with E-state index in [1.807, 2.05) is 6.07 Å². The molecular weight excluding hydrogens is 138 g/mol. The van der Waals surface area contributed by atoms with Crippen LogP contribution in [0, 0.1) is 18.3 Å². The molecule has 0 unspecified atom stereocenters. The van der Waals surface area contributed by atoms with E-state index >= 15 is 0 Å². The van der Waals surface area contributed by atoms with Gasteiger partial charge in [0.25, 0.3) is 0 Å². The fourth-order valence-electron chi connectivity index (χ4n) is 0.720. The van der Waals surface area contributed by atoms with E-state index in [4.69, 9.17) is 16.9 Å². The molecule has 0 spiro atoms. The summed E-state index contributed by atoms with van der Waals surface area (Å²) in [6.45, 7) is 5.53. The molecule has 0 amide bonds. The fourth-order valence-corrected chi connectivity index (χ4v) is 0.720. The number of rotatable bonds is 2. The van der Waals surface area contributed by atoms with Crippen molar-refractivity contribution in [2.24, 2.45) is 0 Å². The van der Waals surface area contributed by atoms with Crippen LogP contribution in [0.25, 0.3) is 0 Å². The van der Waals surface area contributed by atoms with Gasteiger partial charge < -0.3 is 4.74 Å². The van der Waals surface area contributed by atoms with Crippen LogP contribution in [0.5, 0.6) is 5.75 Å². The van der Waals surface area contributed by atoms with Crippen LogP contribution < -0.4 is 4.74 Å². The lowest BCUT2D eigenvalue weighted by molar-refractivity contribution is 0.368. The van der Waals surface area contributed by atoms with E-state index in [0.717, 1.165) is 0 Å². The highest BCUT2D eigenvalue weighted by Gasteiger charge is 1.90. The van der Waals surface area contributed by atoms with Gasteiger partial charge in [-0.25, -0.2) is 0 Å². The molecule has 1 aromatic rings. The van der Waals surface area contributed by atoms with Gasteiger partial charge in [0.05, 0.1) is 0 Å². The zero-order valence-corrected chi connectivity index (χ0v) is 5.95. The number of nitrogens with zero attached hydrogens (tertiary/aromatic N) is 1. The number of benzene rings is 1. The Morgan fingerprint density at radius 1 is 1.55 bits per heavy atom. The minimum absolute atomic E-state index is 0.0590. The Morgan fingerprint density at radius 3 is 3.00 bits per heavy atom. The van der Waals surface area contributed by atoms with E-state index in [2.05, 4.69) is 0 Å². The van der Waals surface area contributed by atoms with Crippen LogP contribution in [0.2, 0.25) is 0 Å². The van der Waals surface area contributed by atoms with Crippen molar-refractivity contribution in [3.63, 3.8) is 0 Å². The van der Waals surface area contributed by atoms with Crippen molar-refractivity contribution in [1.82, 2.24) is 0 Å². The Labute approximate surface area is 66.0 Å². The molecule has 1 aromatic carbocycles. The van der Waals surface area contributed by atoms with Gasteiger partial charge >= 0.3 is 0 Å². The molecule has 2 nitrogen and oxygen atoms in total. The number of ether oxygens (including phenoxy) is 1. The van der Waals surface area contributed by atoms with Crippen LogP contribution in [0.3, 0.4) is 0 Å². The van der Waals surface area contributed by atoms with Crippen LogP contribution in [-0.2, 0) is 0 Å². The highest BCUT2D eigenvalue weighted by atomic mass is 16.5. The lowest BCUT2D eigenvalue weighted by Gasteiger charge is -2.00. The normalized spacial score (nSPS) is 8.73. The summed E-state index contributed by atoms with van der Waals surface area (Å²) < 4.78 is 4.99. The maximum Gasteiger partial charge on any atom is 0.174 e. The second-order valence-electron chi connectivity index (χ2n) is 2.02. The lowest BCUT2D eigenvalue weighted by atomic mass is 10.2. The van der Waals surface area contributed by atoms with Crippen LogP contribution >= 0.6 is 0 Å². The van der Waals surface area contributed by atoms with Gasteiger partial charge in [-0.05, 0) is 24.6 Å². The van der Waals surface area contributed by atoms with Gasteiger partial charge in [-0.15, -0.1) is 0 Å². The molecule has 0 aliphatic rings. The summed E-state index contributed by atoms with van der Waals surface area (Å²) in [4.78, 5) is 0. The molecule has 0 saturated carbocycles. The van der Waals surface area contributed by atoms with Crippen LogP contribution in [0.1, 0.15) is 5.56 Å². The Bertz CT molecular complexity index is 275. The Balaban J connectivity index is 2.65. The van der Waals surface area contributed by atoms with E-state index in [0.29, 0.717) is 11.3 Å². The van der Waals surface area contributed by atoms with E-state index in [1.54, 1.807) is 24.3 Å². The topological polar surface area (TPSA) is 33.0 Å². The zero-order chi connectivity index (χ0) is 8.10. The summed E-state index contributed by atoms with van der Waals surface area (Å²) in [6, 6.07) is 8.85. The first-order valence-corrected chi connectivity index (χ1v) is 3.18. The van der Waals surface area contributed by atoms with Crippen LogP contribution in [-0.4, -0.2) is 6.61 Å².